The van der Waals surface area contributed by atoms with E-state index < -0.39 is 0 Å². The molecular weight excluding hydrogens is 214 g/mol. The molecule has 0 amide bonds. The minimum Gasteiger partial charge on any atom is -0.393 e. The van der Waals surface area contributed by atoms with Crippen molar-refractivity contribution < 1.29 is 5.11 Å². The van der Waals surface area contributed by atoms with Gasteiger partial charge in [0.15, 0.2) is 0 Å². The maximum Gasteiger partial charge on any atom is 0.128 e. The van der Waals surface area contributed by atoms with Gasteiger partial charge in [-0.25, -0.2) is 4.98 Å². The summed E-state index contributed by atoms with van der Waals surface area (Å²) in [5.41, 5.74) is 6.85. The molecule has 1 aliphatic rings. The van der Waals surface area contributed by atoms with Gasteiger partial charge in [0.05, 0.1) is 6.10 Å². The zero-order valence-corrected chi connectivity index (χ0v) is 10.5. The van der Waals surface area contributed by atoms with Crippen molar-refractivity contribution in [3.8, 4) is 0 Å². The Hall–Kier alpha value is -1.13. The molecule has 2 rings (SSSR count). The summed E-state index contributed by atoms with van der Waals surface area (Å²) in [6, 6.07) is 4.08. The highest BCUT2D eigenvalue weighted by molar-refractivity contribution is 5.41. The lowest BCUT2D eigenvalue weighted by Crippen LogP contribution is -2.24. The molecule has 0 radical (unpaired) electrons. The number of nitrogens with zero attached hydrogens (tertiary/aromatic N) is 2. The number of hydrogen-bond donors (Lipinski definition) is 2. The minimum atomic E-state index is -0.233. The molecule has 0 aromatic carbocycles. The fourth-order valence-corrected chi connectivity index (χ4v) is 2.24. The number of anilines is 1. The molecule has 1 saturated heterocycles. The van der Waals surface area contributed by atoms with Crippen molar-refractivity contribution in [2.45, 2.75) is 32.4 Å². The van der Waals surface area contributed by atoms with Gasteiger partial charge in [-0.3, -0.25) is 0 Å². The van der Waals surface area contributed by atoms with Crippen LogP contribution in [0.25, 0.3) is 0 Å². The van der Waals surface area contributed by atoms with Crippen molar-refractivity contribution in [3.63, 3.8) is 0 Å². The summed E-state index contributed by atoms with van der Waals surface area (Å²) >= 11 is 0. The van der Waals surface area contributed by atoms with Gasteiger partial charge in [-0.1, -0.05) is 6.07 Å². The second-order valence-corrected chi connectivity index (χ2v) is 4.97. The molecule has 1 aromatic rings. The maximum atomic E-state index is 9.57. The molecule has 1 fully saturated rings. The summed E-state index contributed by atoms with van der Waals surface area (Å²) in [5.74, 6) is 1.35. The van der Waals surface area contributed by atoms with E-state index >= 15 is 0 Å². The number of nitrogens with two attached hydrogens (primary N) is 1. The van der Waals surface area contributed by atoms with Crippen molar-refractivity contribution in [2.75, 3.05) is 18.0 Å². The number of aliphatic hydroxyl groups is 1. The van der Waals surface area contributed by atoms with Crippen LogP contribution in [0.15, 0.2) is 18.3 Å². The van der Waals surface area contributed by atoms with Gasteiger partial charge in [-0.15, -0.1) is 0 Å². The molecule has 1 aromatic heterocycles. The molecule has 0 bridgehead atoms. The van der Waals surface area contributed by atoms with E-state index in [4.69, 9.17) is 5.73 Å². The van der Waals surface area contributed by atoms with Gasteiger partial charge in [-0.2, -0.15) is 0 Å². The van der Waals surface area contributed by atoms with Gasteiger partial charge in [0.1, 0.15) is 5.82 Å². The Morgan fingerprint density at radius 2 is 2.24 bits per heavy atom. The van der Waals surface area contributed by atoms with Crippen LogP contribution in [0.3, 0.4) is 0 Å². The number of pyridine rings is 1. The molecule has 4 heteroatoms. The lowest BCUT2D eigenvalue weighted by molar-refractivity contribution is 0.136. The molecule has 0 spiro atoms. The summed E-state index contributed by atoms with van der Waals surface area (Å²) in [5, 5.41) is 9.57. The number of aliphatic hydroxyl groups excluding tert-OH is 1. The number of aromatic nitrogens is 1. The fraction of sp³-hybridized carbons (Fsp3) is 0.615. The Balaban J connectivity index is 2.04. The Morgan fingerprint density at radius 1 is 1.47 bits per heavy atom. The molecule has 0 saturated carbocycles. The van der Waals surface area contributed by atoms with E-state index in [0.717, 1.165) is 30.9 Å². The highest BCUT2D eigenvalue weighted by Crippen LogP contribution is 2.24. The van der Waals surface area contributed by atoms with Crippen LogP contribution in [0.2, 0.25) is 0 Å². The van der Waals surface area contributed by atoms with Crippen molar-refractivity contribution in [2.24, 2.45) is 11.7 Å². The molecule has 0 aliphatic carbocycles. The predicted molar refractivity (Wildman–Crippen MR) is 68.8 cm³/mol. The SMILES string of the molecule is CC(O)C1CCN(c2ccc([C@@H](C)N)cn2)C1. The Kier molecular flexibility index (Phi) is 3.64. The van der Waals surface area contributed by atoms with Gasteiger partial charge >= 0.3 is 0 Å². The third-order valence-corrected chi connectivity index (χ3v) is 3.53. The van der Waals surface area contributed by atoms with Gasteiger partial charge in [0.25, 0.3) is 0 Å². The Bertz CT molecular complexity index is 361. The first-order valence-electron chi connectivity index (χ1n) is 6.22. The Labute approximate surface area is 102 Å². The minimum absolute atomic E-state index is 0.0281. The summed E-state index contributed by atoms with van der Waals surface area (Å²) in [7, 11) is 0. The first-order chi connectivity index (χ1) is 8.08. The summed E-state index contributed by atoms with van der Waals surface area (Å²) in [6.07, 6.45) is 2.65. The zero-order chi connectivity index (χ0) is 12.4. The first-order valence-corrected chi connectivity index (χ1v) is 6.22. The second-order valence-electron chi connectivity index (χ2n) is 4.97. The average Bonchev–Trinajstić information content (AvgIpc) is 2.78. The molecule has 3 N–H and O–H groups in total. The van der Waals surface area contributed by atoms with Crippen LogP contribution in [0.5, 0.6) is 0 Å². The third kappa shape index (κ3) is 2.76. The number of hydrogen-bond acceptors (Lipinski definition) is 4. The highest BCUT2D eigenvalue weighted by Gasteiger charge is 2.26. The van der Waals surface area contributed by atoms with E-state index in [-0.39, 0.29) is 12.1 Å². The maximum absolute atomic E-state index is 9.57. The van der Waals surface area contributed by atoms with Gasteiger partial charge < -0.3 is 15.7 Å². The topological polar surface area (TPSA) is 62.4 Å². The molecule has 2 heterocycles. The van der Waals surface area contributed by atoms with Gasteiger partial charge in [0, 0.05) is 31.2 Å². The molecule has 17 heavy (non-hydrogen) atoms. The van der Waals surface area contributed by atoms with Crippen molar-refractivity contribution in [3.05, 3.63) is 23.9 Å². The number of rotatable bonds is 3. The third-order valence-electron chi connectivity index (χ3n) is 3.53. The van der Waals surface area contributed by atoms with Crippen molar-refractivity contribution >= 4 is 5.82 Å². The smallest absolute Gasteiger partial charge is 0.128 e. The summed E-state index contributed by atoms with van der Waals surface area (Å²) < 4.78 is 0. The van der Waals surface area contributed by atoms with Crippen LogP contribution in [-0.4, -0.2) is 29.3 Å². The van der Waals surface area contributed by atoms with Gasteiger partial charge in [-0.05, 0) is 31.9 Å². The van der Waals surface area contributed by atoms with Crippen molar-refractivity contribution in [1.82, 2.24) is 4.98 Å². The quantitative estimate of drug-likeness (QED) is 0.829. The van der Waals surface area contributed by atoms with Crippen LogP contribution in [0.1, 0.15) is 31.9 Å². The fourth-order valence-electron chi connectivity index (χ4n) is 2.24. The molecule has 1 aliphatic heterocycles. The van der Waals surface area contributed by atoms with Crippen LogP contribution in [0, 0.1) is 5.92 Å². The zero-order valence-electron chi connectivity index (χ0n) is 10.5. The van der Waals surface area contributed by atoms with E-state index in [2.05, 4.69) is 9.88 Å². The summed E-state index contributed by atoms with van der Waals surface area (Å²) in [6.45, 7) is 5.68. The molecule has 3 atom stereocenters. The summed E-state index contributed by atoms with van der Waals surface area (Å²) in [4.78, 5) is 6.66. The van der Waals surface area contributed by atoms with Crippen molar-refractivity contribution in [1.29, 1.82) is 0 Å². The predicted octanol–water partition coefficient (Wildman–Crippen LogP) is 1.31. The molecule has 4 nitrogen and oxygen atoms in total. The first kappa shape index (κ1) is 12.3. The van der Waals surface area contributed by atoms with Crippen LogP contribution in [-0.2, 0) is 0 Å². The van der Waals surface area contributed by atoms with Crippen LogP contribution < -0.4 is 10.6 Å². The second kappa shape index (κ2) is 5.02. The lowest BCUT2D eigenvalue weighted by atomic mass is 10.0. The lowest BCUT2D eigenvalue weighted by Gasteiger charge is -2.19. The molecule has 94 valence electrons. The molecule has 2 unspecified atom stereocenters. The van der Waals surface area contributed by atoms with E-state index in [0.29, 0.717) is 5.92 Å². The van der Waals surface area contributed by atoms with Crippen LogP contribution in [0.4, 0.5) is 5.82 Å². The van der Waals surface area contributed by atoms with E-state index in [1.165, 1.54) is 0 Å². The largest absolute Gasteiger partial charge is 0.393 e. The Morgan fingerprint density at radius 3 is 2.71 bits per heavy atom. The van der Waals surface area contributed by atoms with E-state index in [1.807, 2.05) is 32.2 Å². The van der Waals surface area contributed by atoms with Gasteiger partial charge in [0.2, 0.25) is 0 Å². The van der Waals surface area contributed by atoms with E-state index in [9.17, 15) is 5.11 Å². The monoisotopic (exact) mass is 235 g/mol. The van der Waals surface area contributed by atoms with Crippen LogP contribution >= 0.6 is 0 Å². The highest BCUT2D eigenvalue weighted by atomic mass is 16.3. The average molecular weight is 235 g/mol. The standard InChI is InChI=1S/C13H21N3O/c1-9(14)11-3-4-13(15-7-11)16-6-5-12(8-16)10(2)17/h3-4,7,9-10,12,17H,5-6,8,14H2,1-2H3/t9-,10?,12?/m1/s1. The molecular formula is C13H21N3O. The normalized spacial score (nSPS) is 23.8. The van der Waals surface area contributed by atoms with E-state index in [1.54, 1.807) is 0 Å².